The van der Waals surface area contributed by atoms with Crippen molar-refractivity contribution in [3.8, 4) is 0 Å². The second kappa shape index (κ2) is 3.81. The van der Waals surface area contributed by atoms with E-state index in [0.717, 1.165) is 11.3 Å². The van der Waals surface area contributed by atoms with E-state index in [0.29, 0.717) is 5.92 Å². The summed E-state index contributed by atoms with van der Waals surface area (Å²) in [7, 11) is 0. The van der Waals surface area contributed by atoms with Crippen LogP contribution in [0, 0.1) is 12.8 Å². The van der Waals surface area contributed by atoms with Gasteiger partial charge in [-0.05, 0) is 36.8 Å². The standard InChI is InChI=1S/C11H18OS/c1-5-9(3)11(4,12)10-8(2)6-7-13-10/h6-7,9,12H,5H2,1-4H3. The predicted molar refractivity (Wildman–Crippen MR) is 58.1 cm³/mol. The summed E-state index contributed by atoms with van der Waals surface area (Å²) < 4.78 is 0. The minimum Gasteiger partial charge on any atom is -0.384 e. The van der Waals surface area contributed by atoms with Gasteiger partial charge in [0, 0.05) is 4.88 Å². The number of aryl methyl sites for hydroxylation is 1. The average molecular weight is 198 g/mol. The van der Waals surface area contributed by atoms with Gasteiger partial charge in [-0.15, -0.1) is 11.3 Å². The monoisotopic (exact) mass is 198 g/mol. The average Bonchev–Trinajstić information content (AvgIpc) is 2.50. The van der Waals surface area contributed by atoms with E-state index in [1.54, 1.807) is 11.3 Å². The fraction of sp³-hybridized carbons (Fsp3) is 0.636. The molecule has 0 aliphatic carbocycles. The highest BCUT2D eigenvalue weighted by Gasteiger charge is 2.31. The van der Waals surface area contributed by atoms with E-state index < -0.39 is 5.60 Å². The van der Waals surface area contributed by atoms with E-state index in [1.807, 2.05) is 12.3 Å². The van der Waals surface area contributed by atoms with E-state index in [-0.39, 0.29) is 0 Å². The van der Waals surface area contributed by atoms with Gasteiger partial charge in [-0.2, -0.15) is 0 Å². The van der Waals surface area contributed by atoms with Crippen LogP contribution in [-0.4, -0.2) is 5.11 Å². The van der Waals surface area contributed by atoms with Crippen molar-refractivity contribution in [3.63, 3.8) is 0 Å². The van der Waals surface area contributed by atoms with E-state index in [1.165, 1.54) is 5.56 Å². The molecule has 74 valence electrons. The lowest BCUT2D eigenvalue weighted by molar-refractivity contribution is 0.00302. The molecule has 0 radical (unpaired) electrons. The first-order chi connectivity index (χ1) is 6.00. The lowest BCUT2D eigenvalue weighted by Gasteiger charge is -2.29. The fourth-order valence-corrected chi connectivity index (χ4v) is 2.61. The predicted octanol–water partition coefficient (Wildman–Crippen LogP) is 3.31. The second-order valence-electron chi connectivity index (χ2n) is 3.89. The molecule has 2 unspecified atom stereocenters. The van der Waals surface area contributed by atoms with Crippen LogP contribution in [0.15, 0.2) is 11.4 Å². The molecule has 2 atom stereocenters. The van der Waals surface area contributed by atoms with Gasteiger partial charge in [-0.25, -0.2) is 0 Å². The van der Waals surface area contributed by atoms with Crippen LogP contribution in [-0.2, 0) is 5.60 Å². The zero-order chi connectivity index (χ0) is 10.1. The van der Waals surface area contributed by atoms with Crippen molar-refractivity contribution in [2.24, 2.45) is 5.92 Å². The lowest BCUT2D eigenvalue weighted by Crippen LogP contribution is -2.29. The molecule has 1 aromatic heterocycles. The van der Waals surface area contributed by atoms with Crippen LogP contribution < -0.4 is 0 Å². The summed E-state index contributed by atoms with van der Waals surface area (Å²) in [5.41, 5.74) is 0.544. The fourth-order valence-electron chi connectivity index (χ4n) is 1.51. The molecule has 1 aromatic rings. The van der Waals surface area contributed by atoms with Crippen molar-refractivity contribution < 1.29 is 5.11 Å². The Morgan fingerprint density at radius 2 is 2.23 bits per heavy atom. The first-order valence-corrected chi connectivity index (χ1v) is 5.65. The van der Waals surface area contributed by atoms with Gasteiger partial charge in [0.05, 0.1) is 5.60 Å². The molecule has 1 rings (SSSR count). The number of aliphatic hydroxyl groups is 1. The summed E-state index contributed by atoms with van der Waals surface area (Å²) in [6.45, 7) is 8.18. The highest BCUT2D eigenvalue weighted by atomic mass is 32.1. The van der Waals surface area contributed by atoms with Gasteiger partial charge in [0.1, 0.15) is 0 Å². The van der Waals surface area contributed by atoms with Gasteiger partial charge in [0.25, 0.3) is 0 Å². The molecule has 2 heteroatoms. The van der Waals surface area contributed by atoms with Gasteiger partial charge in [-0.3, -0.25) is 0 Å². The molecule has 1 N–H and O–H groups in total. The third-order valence-corrected chi connectivity index (χ3v) is 4.14. The first-order valence-electron chi connectivity index (χ1n) is 4.77. The van der Waals surface area contributed by atoms with Gasteiger partial charge in [0.2, 0.25) is 0 Å². The van der Waals surface area contributed by atoms with Crippen molar-refractivity contribution in [2.45, 2.75) is 39.7 Å². The number of rotatable bonds is 3. The molecule has 1 heterocycles. The van der Waals surface area contributed by atoms with Crippen LogP contribution in [0.4, 0.5) is 0 Å². The maximum Gasteiger partial charge on any atom is 0.0987 e. The van der Waals surface area contributed by atoms with Gasteiger partial charge >= 0.3 is 0 Å². The molecule has 0 spiro atoms. The maximum atomic E-state index is 10.3. The van der Waals surface area contributed by atoms with Crippen LogP contribution in [0.3, 0.4) is 0 Å². The van der Waals surface area contributed by atoms with Crippen molar-refractivity contribution >= 4 is 11.3 Å². The number of hydrogen-bond acceptors (Lipinski definition) is 2. The largest absolute Gasteiger partial charge is 0.384 e. The second-order valence-corrected chi connectivity index (χ2v) is 4.81. The lowest BCUT2D eigenvalue weighted by atomic mass is 9.86. The maximum absolute atomic E-state index is 10.3. The SMILES string of the molecule is CCC(C)C(C)(O)c1sccc1C. The molecule has 0 amide bonds. The molecular weight excluding hydrogens is 180 g/mol. The summed E-state index contributed by atoms with van der Waals surface area (Å²) in [5, 5.41) is 12.4. The minimum atomic E-state index is -0.660. The molecule has 1 nitrogen and oxygen atoms in total. The summed E-state index contributed by atoms with van der Waals surface area (Å²) in [6, 6.07) is 2.07. The molecule has 0 aliphatic rings. The van der Waals surface area contributed by atoms with Gasteiger partial charge in [0.15, 0.2) is 0 Å². The summed E-state index contributed by atoms with van der Waals surface area (Å²) in [4.78, 5) is 1.11. The van der Waals surface area contributed by atoms with Crippen molar-refractivity contribution in [1.82, 2.24) is 0 Å². The van der Waals surface area contributed by atoms with E-state index in [2.05, 4.69) is 26.8 Å². The zero-order valence-electron chi connectivity index (χ0n) is 8.79. The Bertz CT molecular complexity index is 275. The Kier molecular flexibility index (Phi) is 3.14. The molecule has 0 fully saturated rings. The Hall–Kier alpha value is -0.340. The molecule has 0 saturated heterocycles. The van der Waals surface area contributed by atoms with Crippen LogP contribution in [0.25, 0.3) is 0 Å². The minimum absolute atomic E-state index is 0.310. The highest BCUT2D eigenvalue weighted by molar-refractivity contribution is 7.10. The Morgan fingerprint density at radius 1 is 1.62 bits per heavy atom. The van der Waals surface area contributed by atoms with Crippen LogP contribution >= 0.6 is 11.3 Å². The summed E-state index contributed by atoms with van der Waals surface area (Å²) in [5.74, 6) is 0.310. The Morgan fingerprint density at radius 3 is 2.62 bits per heavy atom. The Balaban J connectivity index is 2.99. The third-order valence-electron chi connectivity index (χ3n) is 2.89. The van der Waals surface area contributed by atoms with E-state index in [4.69, 9.17) is 0 Å². The number of hydrogen-bond donors (Lipinski definition) is 1. The molecule has 0 aromatic carbocycles. The van der Waals surface area contributed by atoms with E-state index >= 15 is 0 Å². The molecule has 0 bridgehead atoms. The van der Waals surface area contributed by atoms with Crippen LogP contribution in [0.1, 0.15) is 37.6 Å². The van der Waals surface area contributed by atoms with Crippen molar-refractivity contribution in [2.75, 3.05) is 0 Å². The normalized spacial score (nSPS) is 18.2. The molecule has 13 heavy (non-hydrogen) atoms. The molecular formula is C11H18OS. The summed E-state index contributed by atoms with van der Waals surface area (Å²) >= 11 is 1.65. The van der Waals surface area contributed by atoms with Crippen LogP contribution in [0.2, 0.25) is 0 Å². The molecule has 0 saturated carbocycles. The first kappa shape index (κ1) is 10.7. The third kappa shape index (κ3) is 1.94. The van der Waals surface area contributed by atoms with Crippen molar-refractivity contribution in [3.05, 3.63) is 21.9 Å². The summed E-state index contributed by atoms with van der Waals surface area (Å²) in [6.07, 6.45) is 1.00. The topological polar surface area (TPSA) is 20.2 Å². The van der Waals surface area contributed by atoms with E-state index in [9.17, 15) is 5.11 Å². The zero-order valence-corrected chi connectivity index (χ0v) is 9.61. The number of thiophene rings is 1. The van der Waals surface area contributed by atoms with Crippen LogP contribution in [0.5, 0.6) is 0 Å². The smallest absolute Gasteiger partial charge is 0.0987 e. The quantitative estimate of drug-likeness (QED) is 0.790. The Labute approximate surface area is 84.4 Å². The highest BCUT2D eigenvalue weighted by Crippen LogP contribution is 2.36. The molecule has 0 aliphatic heterocycles. The van der Waals surface area contributed by atoms with Gasteiger partial charge < -0.3 is 5.11 Å². The van der Waals surface area contributed by atoms with Gasteiger partial charge in [-0.1, -0.05) is 20.3 Å². The van der Waals surface area contributed by atoms with Crippen molar-refractivity contribution in [1.29, 1.82) is 0 Å².